The molecule has 0 saturated carbocycles. The summed E-state index contributed by atoms with van der Waals surface area (Å²) < 4.78 is 42.8. The average molecular weight is 252 g/mol. The van der Waals surface area contributed by atoms with E-state index in [1.165, 1.54) is 6.92 Å². The van der Waals surface area contributed by atoms with Gasteiger partial charge in [0.1, 0.15) is 5.01 Å². The molecule has 7 heteroatoms. The normalized spacial score (nSPS) is 22.4. The van der Waals surface area contributed by atoms with Crippen molar-refractivity contribution in [3.63, 3.8) is 0 Å². The van der Waals surface area contributed by atoms with E-state index in [0.717, 1.165) is 11.3 Å². The van der Waals surface area contributed by atoms with E-state index in [4.69, 9.17) is 4.74 Å². The van der Waals surface area contributed by atoms with E-state index >= 15 is 0 Å². The largest absolute Gasteiger partial charge is 0.434 e. The summed E-state index contributed by atoms with van der Waals surface area (Å²) >= 11 is 1.07. The number of aryl methyl sites for hydroxylation is 1. The minimum atomic E-state index is -4.37. The molecule has 2 heterocycles. The van der Waals surface area contributed by atoms with Crippen LogP contribution in [0.5, 0.6) is 0 Å². The Morgan fingerprint density at radius 1 is 1.50 bits per heavy atom. The maximum atomic E-state index is 12.5. The van der Waals surface area contributed by atoms with Crippen LogP contribution in [0.25, 0.3) is 0 Å². The Morgan fingerprint density at radius 2 is 2.25 bits per heavy atom. The molecule has 0 radical (unpaired) electrons. The van der Waals surface area contributed by atoms with Gasteiger partial charge in [0.2, 0.25) is 0 Å². The van der Waals surface area contributed by atoms with Gasteiger partial charge in [-0.05, 0) is 6.92 Å². The number of hydrogen-bond acceptors (Lipinski definition) is 4. The number of ether oxygens (including phenoxy) is 1. The van der Waals surface area contributed by atoms with E-state index < -0.39 is 11.9 Å². The number of morpholine rings is 1. The van der Waals surface area contributed by atoms with Crippen LogP contribution in [0.15, 0.2) is 0 Å². The van der Waals surface area contributed by atoms with Crippen LogP contribution in [-0.4, -0.2) is 24.7 Å². The topological polar surface area (TPSA) is 34.1 Å². The summed E-state index contributed by atoms with van der Waals surface area (Å²) in [5, 5.41) is 3.53. The van der Waals surface area contributed by atoms with Gasteiger partial charge in [-0.25, -0.2) is 4.98 Å². The molecule has 1 fully saturated rings. The van der Waals surface area contributed by atoms with E-state index in [9.17, 15) is 13.2 Å². The number of nitrogens with one attached hydrogen (secondary N) is 1. The van der Waals surface area contributed by atoms with Crippen molar-refractivity contribution in [3.8, 4) is 0 Å². The number of aromatic nitrogens is 1. The van der Waals surface area contributed by atoms with Crippen LogP contribution in [0, 0.1) is 6.92 Å². The molecule has 16 heavy (non-hydrogen) atoms. The van der Waals surface area contributed by atoms with Gasteiger partial charge >= 0.3 is 6.18 Å². The van der Waals surface area contributed by atoms with Gasteiger partial charge in [-0.3, -0.25) is 0 Å². The zero-order valence-corrected chi connectivity index (χ0v) is 9.41. The Morgan fingerprint density at radius 3 is 2.75 bits per heavy atom. The van der Waals surface area contributed by atoms with E-state index in [1.807, 2.05) is 0 Å². The molecule has 3 nitrogen and oxygen atoms in total. The molecule has 0 aromatic carbocycles. The van der Waals surface area contributed by atoms with Gasteiger partial charge in [0, 0.05) is 11.4 Å². The van der Waals surface area contributed by atoms with Crippen LogP contribution in [0.1, 0.15) is 21.6 Å². The summed E-state index contributed by atoms with van der Waals surface area (Å²) in [5.74, 6) is 0. The molecule has 0 aliphatic carbocycles. The summed E-state index contributed by atoms with van der Waals surface area (Å²) in [7, 11) is 0. The van der Waals surface area contributed by atoms with Crippen LogP contribution in [-0.2, 0) is 10.9 Å². The summed E-state index contributed by atoms with van der Waals surface area (Å²) in [6.45, 7) is 3.05. The quantitative estimate of drug-likeness (QED) is 0.831. The Balaban J connectivity index is 2.23. The molecule has 1 aromatic heterocycles. The summed E-state index contributed by atoms with van der Waals surface area (Å²) in [5.41, 5.74) is -0.778. The van der Waals surface area contributed by atoms with Gasteiger partial charge < -0.3 is 10.1 Å². The zero-order valence-electron chi connectivity index (χ0n) is 8.60. The fraction of sp³-hybridized carbons (Fsp3) is 0.667. The monoisotopic (exact) mass is 252 g/mol. The number of thiazole rings is 1. The minimum absolute atomic E-state index is 0.204. The summed E-state index contributed by atoms with van der Waals surface area (Å²) in [6, 6.07) is -0.214. The lowest BCUT2D eigenvalue weighted by molar-refractivity contribution is -0.141. The van der Waals surface area contributed by atoms with Crippen LogP contribution in [0.4, 0.5) is 13.2 Å². The maximum absolute atomic E-state index is 12.5. The third-order valence-corrected chi connectivity index (χ3v) is 3.39. The van der Waals surface area contributed by atoms with Gasteiger partial charge in [0.15, 0.2) is 5.69 Å². The third kappa shape index (κ3) is 2.36. The zero-order chi connectivity index (χ0) is 11.8. The molecule has 1 saturated heterocycles. The Labute approximate surface area is 94.6 Å². The van der Waals surface area contributed by atoms with Crippen LogP contribution in [0.3, 0.4) is 0 Å². The highest BCUT2D eigenvalue weighted by atomic mass is 32.1. The molecule has 90 valence electrons. The van der Waals surface area contributed by atoms with Gasteiger partial charge in [0.25, 0.3) is 0 Å². The number of halogens is 3. The first-order valence-corrected chi connectivity index (χ1v) is 5.66. The number of nitrogens with zero attached hydrogens (tertiary/aromatic N) is 1. The van der Waals surface area contributed by atoms with Crippen molar-refractivity contribution in [2.24, 2.45) is 0 Å². The van der Waals surface area contributed by atoms with Crippen LogP contribution < -0.4 is 5.32 Å². The molecule has 1 atom stereocenters. The predicted molar refractivity (Wildman–Crippen MR) is 53.4 cm³/mol. The fourth-order valence-corrected chi connectivity index (χ4v) is 2.56. The van der Waals surface area contributed by atoms with Crippen LogP contribution >= 0.6 is 11.3 Å². The van der Waals surface area contributed by atoms with Crippen molar-refractivity contribution in [2.75, 3.05) is 19.8 Å². The minimum Gasteiger partial charge on any atom is -0.378 e. The SMILES string of the molecule is Cc1sc(C2COCCN2)nc1C(F)(F)F. The van der Waals surface area contributed by atoms with E-state index in [0.29, 0.717) is 24.8 Å². The Kier molecular flexibility index (Phi) is 3.18. The Bertz CT molecular complexity index is 371. The molecule has 1 aliphatic heterocycles. The highest BCUT2D eigenvalue weighted by Crippen LogP contribution is 2.35. The Hall–Kier alpha value is -0.660. The van der Waals surface area contributed by atoms with Crippen molar-refractivity contribution in [1.82, 2.24) is 10.3 Å². The van der Waals surface area contributed by atoms with E-state index in [-0.39, 0.29) is 10.9 Å². The number of rotatable bonds is 1. The van der Waals surface area contributed by atoms with Crippen molar-refractivity contribution in [1.29, 1.82) is 0 Å². The molecule has 0 bridgehead atoms. The van der Waals surface area contributed by atoms with E-state index in [1.54, 1.807) is 0 Å². The molecule has 0 spiro atoms. The first-order valence-electron chi connectivity index (χ1n) is 4.84. The second-order valence-electron chi connectivity index (χ2n) is 3.54. The lowest BCUT2D eigenvalue weighted by Gasteiger charge is -2.21. The molecule has 1 aliphatic rings. The molecular weight excluding hydrogens is 241 g/mol. The molecule has 1 N–H and O–H groups in total. The van der Waals surface area contributed by atoms with Gasteiger partial charge in [-0.2, -0.15) is 13.2 Å². The molecule has 2 rings (SSSR count). The van der Waals surface area contributed by atoms with Crippen molar-refractivity contribution < 1.29 is 17.9 Å². The summed E-state index contributed by atoms with van der Waals surface area (Å²) in [6.07, 6.45) is -4.37. The average Bonchev–Trinajstić information content (AvgIpc) is 2.61. The van der Waals surface area contributed by atoms with E-state index in [2.05, 4.69) is 10.3 Å². The molecule has 1 aromatic rings. The molecule has 1 unspecified atom stereocenters. The fourth-order valence-electron chi connectivity index (χ4n) is 1.55. The smallest absolute Gasteiger partial charge is 0.378 e. The van der Waals surface area contributed by atoms with Gasteiger partial charge in [-0.15, -0.1) is 11.3 Å². The van der Waals surface area contributed by atoms with Crippen molar-refractivity contribution in [2.45, 2.75) is 19.1 Å². The van der Waals surface area contributed by atoms with Crippen molar-refractivity contribution in [3.05, 3.63) is 15.6 Å². The second kappa shape index (κ2) is 4.31. The number of alkyl halides is 3. The number of hydrogen-bond donors (Lipinski definition) is 1. The summed E-state index contributed by atoms with van der Waals surface area (Å²) in [4.78, 5) is 3.86. The van der Waals surface area contributed by atoms with Gasteiger partial charge in [0.05, 0.1) is 19.3 Å². The predicted octanol–water partition coefficient (Wildman–Crippen LogP) is 2.13. The van der Waals surface area contributed by atoms with Gasteiger partial charge in [-0.1, -0.05) is 0 Å². The van der Waals surface area contributed by atoms with Crippen LogP contribution in [0.2, 0.25) is 0 Å². The van der Waals surface area contributed by atoms with Crippen molar-refractivity contribution >= 4 is 11.3 Å². The standard InChI is InChI=1S/C9H11F3N2OS/c1-5-7(9(10,11)12)14-8(16-5)6-4-15-3-2-13-6/h6,13H,2-4H2,1H3. The lowest BCUT2D eigenvalue weighted by Crippen LogP contribution is -2.34. The highest BCUT2D eigenvalue weighted by molar-refractivity contribution is 7.11. The second-order valence-corrected chi connectivity index (χ2v) is 4.77. The lowest BCUT2D eigenvalue weighted by atomic mass is 10.3. The third-order valence-electron chi connectivity index (χ3n) is 2.30. The molecular formula is C9H11F3N2OS. The maximum Gasteiger partial charge on any atom is 0.434 e. The first kappa shape index (κ1) is 11.8. The molecule has 0 amide bonds. The highest BCUT2D eigenvalue weighted by Gasteiger charge is 2.37. The first-order chi connectivity index (χ1) is 7.48.